The minimum absolute atomic E-state index is 0.0110. The number of hydrogen-bond donors (Lipinski definition) is 1. The molecule has 1 atom stereocenters. The van der Waals surface area contributed by atoms with Crippen molar-refractivity contribution in [1.82, 2.24) is 0 Å². The van der Waals surface area contributed by atoms with Crippen LogP contribution in [0.5, 0.6) is 0 Å². The number of benzene rings is 2. The van der Waals surface area contributed by atoms with Crippen LogP contribution in [0.1, 0.15) is 63.6 Å². The summed E-state index contributed by atoms with van der Waals surface area (Å²) in [4.78, 5) is 15.1. The van der Waals surface area contributed by atoms with Crippen molar-refractivity contribution in [2.45, 2.75) is 65.5 Å². The van der Waals surface area contributed by atoms with Gasteiger partial charge in [0.2, 0.25) is 0 Å². The minimum atomic E-state index is -0.510. The number of aryl methyl sites for hydroxylation is 1. The predicted octanol–water partition coefficient (Wildman–Crippen LogP) is 6.18. The number of amides is 1. The van der Waals surface area contributed by atoms with E-state index in [-0.39, 0.29) is 16.9 Å². The highest BCUT2D eigenvalue weighted by atomic mass is 19.1. The molecular formula is C26H30FN3O. The van der Waals surface area contributed by atoms with E-state index >= 15 is 0 Å². The number of halogens is 1. The summed E-state index contributed by atoms with van der Waals surface area (Å²) in [6.45, 7) is 13.2. The van der Waals surface area contributed by atoms with Crippen molar-refractivity contribution in [2.24, 2.45) is 0 Å². The van der Waals surface area contributed by atoms with Gasteiger partial charge in [0.15, 0.2) is 0 Å². The third-order valence-electron chi connectivity index (χ3n) is 5.95. The second-order valence-electron chi connectivity index (χ2n) is 9.28. The van der Waals surface area contributed by atoms with Crippen LogP contribution < -0.4 is 10.2 Å². The van der Waals surface area contributed by atoms with Crippen molar-refractivity contribution in [3.05, 3.63) is 64.5 Å². The fourth-order valence-corrected chi connectivity index (χ4v) is 4.78. The summed E-state index contributed by atoms with van der Waals surface area (Å²) in [5, 5.41) is 12.3. The number of nitriles is 1. The van der Waals surface area contributed by atoms with Crippen molar-refractivity contribution in [3.8, 4) is 6.07 Å². The Labute approximate surface area is 184 Å². The second kappa shape index (κ2) is 8.55. The molecule has 162 valence electrons. The van der Waals surface area contributed by atoms with Crippen LogP contribution >= 0.6 is 0 Å². The molecule has 1 amide bonds. The Morgan fingerprint density at radius 3 is 2.52 bits per heavy atom. The highest BCUT2D eigenvalue weighted by Crippen LogP contribution is 2.45. The SMILES string of the molecule is Cc1cc2c(cc1/C=C(/C#N)C(=O)Nc1ccc(F)cc1)[C@@H](C)CC(C)(C)N2C(C)C. The molecule has 3 rings (SSSR count). The number of nitrogens with zero attached hydrogens (tertiary/aromatic N) is 2. The molecule has 5 heteroatoms. The Kier molecular flexibility index (Phi) is 6.22. The number of fused-ring (bicyclic) bond motifs is 1. The molecule has 31 heavy (non-hydrogen) atoms. The average Bonchev–Trinajstić information content (AvgIpc) is 2.67. The van der Waals surface area contributed by atoms with Gasteiger partial charge in [-0.1, -0.05) is 6.92 Å². The zero-order valence-corrected chi connectivity index (χ0v) is 19.1. The lowest BCUT2D eigenvalue weighted by Gasteiger charge is -2.50. The maximum atomic E-state index is 13.1. The minimum Gasteiger partial charge on any atom is -0.364 e. The van der Waals surface area contributed by atoms with Crippen LogP contribution in [0, 0.1) is 24.1 Å². The first-order valence-corrected chi connectivity index (χ1v) is 10.7. The molecule has 0 aliphatic carbocycles. The topological polar surface area (TPSA) is 56.1 Å². The van der Waals surface area contributed by atoms with Crippen molar-refractivity contribution < 1.29 is 9.18 Å². The molecular weight excluding hydrogens is 389 g/mol. The van der Waals surface area contributed by atoms with E-state index in [2.05, 4.69) is 57.0 Å². The lowest BCUT2D eigenvalue weighted by Crippen LogP contribution is -2.51. The number of hydrogen-bond acceptors (Lipinski definition) is 3. The van der Waals surface area contributed by atoms with Crippen LogP contribution in [0.4, 0.5) is 15.8 Å². The summed E-state index contributed by atoms with van der Waals surface area (Å²) in [6, 6.07) is 12.1. The molecule has 2 aromatic carbocycles. The van der Waals surface area contributed by atoms with Gasteiger partial charge in [0.05, 0.1) is 0 Å². The Bertz CT molecular complexity index is 1060. The van der Waals surface area contributed by atoms with Gasteiger partial charge in [0.1, 0.15) is 17.5 Å². The van der Waals surface area contributed by atoms with Gasteiger partial charge in [-0.15, -0.1) is 0 Å². The molecule has 4 nitrogen and oxygen atoms in total. The maximum absolute atomic E-state index is 13.1. The highest BCUT2D eigenvalue weighted by Gasteiger charge is 2.37. The van der Waals surface area contributed by atoms with Crippen LogP contribution in [0.15, 0.2) is 42.0 Å². The van der Waals surface area contributed by atoms with Crippen LogP contribution in [0.2, 0.25) is 0 Å². The first kappa shape index (κ1) is 22.6. The molecule has 1 aliphatic rings. The molecule has 0 unspecified atom stereocenters. The van der Waals surface area contributed by atoms with Crippen molar-refractivity contribution in [3.63, 3.8) is 0 Å². The Hall–Kier alpha value is -3.13. The van der Waals surface area contributed by atoms with E-state index in [0.717, 1.165) is 17.5 Å². The molecule has 2 aromatic rings. The van der Waals surface area contributed by atoms with E-state index in [1.807, 2.05) is 13.0 Å². The van der Waals surface area contributed by atoms with Crippen molar-refractivity contribution in [2.75, 3.05) is 10.2 Å². The van der Waals surface area contributed by atoms with Gasteiger partial charge in [-0.2, -0.15) is 5.26 Å². The summed E-state index contributed by atoms with van der Waals surface area (Å²) in [7, 11) is 0. The van der Waals surface area contributed by atoms with Gasteiger partial charge < -0.3 is 10.2 Å². The molecule has 0 saturated carbocycles. The summed E-state index contributed by atoms with van der Waals surface area (Å²) in [5.41, 5.74) is 4.84. The lowest BCUT2D eigenvalue weighted by molar-refractivity contribution is -0.112. The first-order valence-electron chi connectivity index (χ1n) is 10.7. The zero-order chi connectivity index (χ0) is 22.9. The number of nitrogens with one attached hydrogen (secondary N) is 1. The van der Waals surface area contributed by atoms with Crippen LogP contribution in [0.25, 0.3) is 6.08 Å². The van der Waals surface area contributed by atoms with Gasteiger partial charge in [0, 0.05) is 23.0 Å². The fraction of sp³-hybridized carbons (Fsp3) is 0.385. The molecule has 0 fully saturated rings. The summed E-state index contributed by atoms with van der Waals surface area (Å²) in [5.74, 6) is -0.526. The molecule has 0 radical (unpaired) electrons. The lowest BCUT2D eigenvalue weighted by atomic mass is 9.78. The zero-order valence-electron chi connectivity index (χ0n) is 19.1. The van der Waals surface area contributed by atoms with E-state index < -0.39 is 5.91 Å². The van der Waals surface area contributed by atoms with Gasteiger partial charge in [-0.05, 0) is 106 Å². The summed E-state index contributed by atoms with van der Waals surface area (Å²) in [6.07, 6.45) is 2.67. The highest BCUT2D eigenvalue weighted by molar-refractivity contribution is 6.09. The normalized spacial score (nSPS) is 17.8. The van der Waals surface area contributed by atoms with E-state index in [1.54, 1.807) is 6.08 Å². The standard InChI is InChI=1S/C26H30FN3O/c1-16(2)30-24-11-17(3)19(13-23(24)18(4)14-26(30,5)6)12-20(15-28)25(31)29-22-9-7-21(27)8-10-22/h7-13,16,18H,14H2,1-6H3,(H,29,31)/b20-12-/t18-/m0/s1. The van der Waals surface area contributed by atoms with E-state index in [4.69, 9.17) is 0 Å². The smallest absolute Gasteiger partial charge is 0.266 e. The van der Waals surface area contributed by atoms with Crippen molar-refractivity contribution in [1.29, 1.82) is 5.26 Å². The Morgan fingerprint density at radius 1 is 1.29 bits per heavy atom. The largest absolute Gasteiger partial charge is 0.364 e. The van der Waals surface area contributed by atoms with Gasteiger partial charge in [-0.25, -0.2) is 4.39 Å². The number of anilines is 2. The predicted molar refractivity (Wildman–Crippen MR) is 125 cm³/mol. The van der Waals surface area contributed by atoms with Gasteiger partial charge in [0.25, 0.3) is 5.91 Å². The molecule has 0 saturated heterocycles. The van der Waals surface area contributed by atoms with Crippen LogP contribution in [-0.2, 0) is 4.79 Å². The van der Waals surface area contributed by atoms with E-state index in [0.29, 0.717) is 17.6 Å². The number of rotatable bonds is 4. The first-order chi connectivity index (χ1) is 14.5. The van der Waals surface area contributed by atoms with Gasteiger partial charge >= 0.3 is 0 Å². The molecule has 0 bridgehead atoms. The quantitative estimate of drug-likeness (QED) is 0.475. The maximum Gasteiger partial charge on any atom is 0.266 e. The Morgan fingerprint density at radius 2 is 1.94 bits per heavy atom. The monoisotopic (exact) mass is 419 g/mol. The molecule has 0 spiro atoms. The number of carbonyl (C=O) groups is 1. The average molecular weight is 420 g/mol. The van der Waals surface area contributed by atoms with E-state index in [9.17, 15) is 14.4 Å². The van der Waals surface area contributed by atoms with Crippen LogP contribution in [0.3, 0.4) is 0 Å². The summed E-state index contributed by atoms with van der Waals surface area (Å²) < 4.78 is 13.1. The van der Waals surface area contributed by atoms with E-state index in [1.165, 1.54) is 35.5 Å². The third kappa shape index (κ3) is 4.64. The Balaban J connectivity index is 1.98. The van der Waals surface area contributed by atoms with Crippen molar-refractivity contribution >= 4 is 23.4 Å². The van der Waals surface area contributed by atoms with Gasteiger partial charge in [-0.3, -0.25) is 4.79 Å². The molecule has 0 aromatic heterocycles. The molecule has 1 N–H and O–H groups in total. The second-order valence-corrected chi connectivity index (χ2v) is 9.28. The number of carbonyl (C=O) groups excluding carboxylic acids is 1. The van der Waals surface area contributed by atoms with Crippen LogP contribution in [-0.4, -0.2) is 17.5 Å². The molecule has 1 aliphatic heterocycles. The molecule has 1 heterocycles. The summed E-state index contributed by atoms with van der Waals surface area (Å²) >= 11 is 0. The fourth-order valence-electron chi connectivity index (χ4n) is 4.78. The third-order valence-corrected chi connectivity index (χ3v) is 5.95.